The average molecular weight is 200 g/mol. The first-order chi connectivity index (χ1) is 6.25. The van der Waals surface area contributed by atoms with Gasteiger partial charge in [0, 0.05) is 18.0 Å². The average Bonchev–Trinajstić information content (AvgIpc) is 2.10. The van der Waals surface area contributed by atoms with Crippen LogP contribution in [-0.2, 0) is 0 Å². The molecule has 0 aliphatic rings. The van der Waals surface area contributed by atoms with E-state index < -0.39 is 0 Å². The molecule has 1 aromatic heterocycles. The first-order valence-corrected chi connectivity index (χ1v) is 5.14. The van der Waals surface area contributed by atoms with Crippen molar-refractivity contribution in [1.82, 2.24) is 8.96 Å². The zero-order chi connectivity index (χ0) is 9.68. The Morgan fingerprint density at radius 3 is 2.92 bits per heavy atom. The topological polar surface area (TPSA) is 54.9 Å². The summed E-state index contributed by atoms with van der Waals surface area (Å²) in [6.07, 6.45) is 3.43. The van der Waals surface area contributed by atoms with Crippen LogP contribution in [0.1, 0.15) is 19.8 Å². The highest BCUT2D eigenvalue weighted by molar-refractivity contribution is 7.97. The van der Waals surface area contributed by atoms with Gasteiger partial charge in [-0.05, 0) is 18.4 Å². The molecule has 0 fully saturated rings. The van der Waals surface area contributed by atoms with Crippen LogP contribution in [0.15, 0.2) is 21.9 Å². The van der Waals surface area contributed by atoms with Crippen LogP contribution in [0.3, 0.4) is 0 Å². The molecule has 0 spiro atoms. The third kappa shape index (κ3) is 2.77. The quantitative estimate of drug-likeness (QED) is 0.732. The third-order valence-corrected chi connectivity index (χ3v) is 2.61. The molecule has 72 valence electrons. The molecule has 0 radical (unpaired) electrons. The predicted octanol–water partition coefficient (Wildman–Crippen LogP) is 0.833. The van der Waals surface area contributed by atoms with Crippen molar-refractivity contribution in [3.8, 4) is 0 Å². The lowest BCUT2D eigenvalue weighted by Crippen LogP contribution is -2.29. The molecular formula is C8H12N2O2S. The maximum Gasteiger partial charge on any atom is 0.338 e. The highest BCUT2D eigenvalue weighted by Crippen LogP contribution is 2.01. The summed E-state index contributed by atoms with van der Waals surface area (Å²) in [5.74, 6) is 0.795. The van der Waals surface area contributed by atoms with E-state index in [0.29, 0.717) is 0 Å². The predicted molar refractivity (Wildman–Crippen MR) is 54.1 cm³/mol. The molecule has 0 aliphatic carbocycles. The van der Waals surface area contributed by atoms with E-state index in [0.717, 1.165) is 22.6 Å². The second kappa shape index (κ2) is 4.91. The molecule has 0 saturated carbocycles. The van der Waals surface area contributed by atoms with Gasteiger partial charge in [-0.15, -0.1) is 0 Å². The van der Waals surface area contributed by atoms with E-state index in [9.17, 15) is 9.59 Å². The summed E-state index contributed by atoms with van der Waals surface area (Å²) >= 11 is 1.26. The van der Waals surface area contributed by atoms with Crippen LogP contribution in [0.4, 0.5) is 0 Å². The van der Waals surface area contributed by atoms with Crippen molar-refractivity contribution in [3.05, 3.63) is 33.1 Å². The smallest absolute Gasteiger partial charge is 0.313 e. The van der Waals surface area contributed by atoms with Gasteiger partial charge in [-0.2, -0.15) is 0 Å². The number of nitrogens with one attached hydrogen (secondary N) is 1. The molecule has 0 amide bonds. The summed E-state index contributed by atoms with van der Waals surface area (Å²) in [6.45, 7) is 2.07. The Kier molecular flexibility index (Phi) is 3.82. The molecule has 0 aliphatic heterocycles. The summed E-state index contributed by atoms with van der Waals surface area (Å²) < 4.78 is 1.15. The number of aromatic nitrogens is 2. The molecule has 13 heavy (non-hydrogen) atoms. The van der Waals surface area contributed by atoms with Gasteiger partial charge in [-0.25, -0.2) is 8.77 Å². The molecule has 0 saturated heterocycles. The fraction of sp³-hybridized carbons (Fsp3) is 0.500. The van der Waals surface area contributed by atoms with Crippen molar-refractivity contribution in [2.24, 2.45) is 0 Å². The van der Waals surface area contributed by atoms with Crippen LogP contribution in [0.5, 0.6) is 0 Å². The third-order valence-electron chi connectivity index (χ3n) is 1.54. The molecule has 1 aromatic rings. The van der Waals surface area contributed by atoms with Gasteiger partial charge in [0.1, 0.15) is 0 Å². The molecule has 1 rings (SSSR count). The number of rotatable bonds is 4. The van der Waals surface area contributed by atoms with E-state index in [1.807, 2.05) is 0 Å². The lowest BCUT2D eigenvalue weighted by molar-refractivity contribution is 0.887. The van der Waals surface area contributed by atoms with E-state index in [1.54, 1.807) is 0 Å². The van der Waals surface area contributed by atoms with E-state index in [4.69, 9.17) is 0 Å². The van der Waals surface area contributed by atoms with E-state index in [2.05, 4.69) is 11.9 Å². The summed E-state index contributed by atoms with van der Waals surface area (Å²) in [5, 5.41) is 0. The van der Waals surface area contributed by atoms with Crippen LogP contribution < -0.4 is 11.2 Å². The van der Waals surface area contributed by atoms with Crippen molar-refractivity contribution >= 4 is 11.9 Å². The Labute approximate surface area is 80.1 Å². The van der Waals surface area contributed by atoms with E-state index in [1.165, 1.54) is 24.2 Å². The highest BCUT2D eigenvalue weighted by Gasteiger charge is 1.99. The van der Waals surface area contributed by atoms with E-state index >= 15 is 0 Å². The fourth-order valence-corrected chi connectivity index (χ4v) is 1.79. The van der Waals surface area contributed by atoms with Gasteiger partial charge in [0.15, 0.2) is 0 Å². The Balaban J connectivity index is 2.76. The molecule has 0 unspecified atom stereocenters. The molecule has 1 heterocycles. The summed E-state index contributed by atoms with van der Waals surface area (Å²) in [7, 11) is 0. The van der Waals surface area contributed by atoms with E-state index in [-0.39, 0.29) is 11.2 Å². The van der Waals surface area contributed by atoms with Crippen molar-refractivity contribution in [1.29, 1.82) is 0 Å². The van der Waals surface area contributed by atoms with Crippen LogP contribution in [-0.4, -0.2) is 14.7 Å². The highest BCUT2D eigenvalue weighted by atomic mass is 32.2. The first-order valence-electron chi connectivity index (χ1n) is 4.19. The Morgan fingerprint density at radius 1 is 1.54 bits per heavy atom. The maximum atomic E-state index is 11.2. The standard InChI is InChI=1S/C8H12N2O2S/c1-2-3-6-13-10-7(11)4-5-9-8(10)12/h4-5H,2-3,6H2,1H3,(H,9,12). The molecule has 0 bridgehead atoms. The number of unbranched alkanes of at least 4 members (excludes halogenated alkanes) is 1. The Bertz CT molecular complexity index is 341. The van der Waals surface area contributed by atoms with Crippen molar-refractivity contribution in [2.45, 2.75) is 19.8 Å². The number of aromatic amines is 1. The summed E-state index contributed by atoms with van der Waals surface area (Å²) in [6, 6.07) is 1.35. The van der Waals surface area contributed by atoms with Gasteiger partial charge in [0.05, 0.1) is 0 Å². The van der Waals surface area contributed by atoms with Crippen molar-refractivity contribution < 1.29 is 0 Å². The van der Waals surface area contributed by atoms with Gasteiger partial charge in [0.25, 0.3) is 5.56 Å². The van der Waals surface area contributed by atoms with Crippen LogP contribution in [0, 0.1) is 0 Å². The molecule has 0 atom stereocenters. The number of nitrogens with zero attached hydrogens (tertiary/aromatic N) is 1. The molecule has 5 heteroatoms. The van der Waals surface area contributed by atoms with Gasteiger partial charge in [0.2, 0.25) is 0 Å². The normalized spacial score (nSPS) is 10.2. The monoisotopic (exact) mass is 200 g/mol. The molecule has 4 nitrogen and oxygen atoms in total. The minimum atomic E-state index is -0.353. The van der Waals surface area contributed by atoms with Crippen molar-refractivity contribution in [3.63, 3.8) is 0 Å². The lowest BCUT2D eigenvalue weighted by Gasteiger charge is -2.00. The van der Waals surface area contributed by atoms with Gasteiger partial charge >= 0.3 is 5.69 Å². The fourth-order valence-electron chi connectivity index (χ4n) is 0.833. The zero-order valence-electron chi connectivity index (χ0n) is 7.45. The molecule has 1 N–H and O–H groups in total. The van der Waals surface area contributed by atoms with Gasteiger partial charge in [-0.1, -0.05) is 13.3 Å². The number of H-pyrrole nitrogens is 1. The minimum Gasteiger partial charge on any atom is -0.313 e. The largest absolute Gasteiger partial charge is 0.338 e. The summed E-state index contributed by atoms with van der Waals surface area (Å²) in [4.78, 5) is 24.7. The molecular weight excluding hydrogens is 188 g/mol. The summed E-state index contributed by atoms with van der Waals surface area (Å²) in [5.41, 5.74) is -0.613. The van der Waals surface area contributed by atoms with Crippen LogP contribution >= 0.6 is 11.9 Å². The second-order valence-electron chi connectivity index (χ2n) is 2.60. The SMILES string of the molecule is CCCCSn1c(=O)cc[nH]c1=O. The zero-order valence-corrected chi connectivity index (χ0v) is 8.26. The van der Waals surface area contributed by atoms with Crippen LogP contribution in [0.25, 0.3) is 0 Å². The number of hydrogen-bond donors (Lipinski definition) is 1. The Hall–Kier alpha value is -0.970. The minimum absolute atomic E-state index is 0.259. The molecule has 0 aromatic carbocycles. The lowest BCUT2D eigenvalue weighted by atomic mass is 10.4. The second-order valence-corrected chi connectivity index (χ2v) is 3.63. The maximum absolute atomic E-state index is 11.2. The van der Waals surface area contributed by atoms with Gasteiger partial charge in [-0.3, -0.25) is 4.79 Å². The van der Waals surface area contributed by atoms with Gasteiger partial charge < -0.3 is 4.98 Å². The first kappa shape index (κ1) is 10.1. The number of hydrogen-bond acceptors (Lipinski definition) is 3. The van der Waals surface area contributed by atoms with Crippen LogP contribution in [0.2, 0.25) is 0 Å². The van der Waals surface area contributed by atoms with Crippen molar-refractivity contribution in [2.75, 3.05) is 5.75 Å². The Morgan fingerprint density at radius 2 is 2.31 bits per heavy atom.